The van der Waals surface area contributed by atoms with Crippen molar-refractivity contribution < 1.29 is 13.6 Å². The number of carbonyl (C=O) groups excluding carboxylic acids is 1. The summed E-state index contributed by atoms with van der Waals surface area (Å²) in [7, 11) is 0. The molecule has 0 fully saturated rings. The molecule has 3 rings (SSSR count). The second-order valence-corrected chi connectivity index (χ2v) is 6.99. The molecule has 0 saturated carbocycles. The SMILES string of the molecule is C=O.CC.CC.CC/C=C(\C=N)C1=CC=CN2C1=CNC2c1cccc(F)c1F.CCC.CCCC. The third-order valence-corrected chi connectivity index (χ3v) is 4.39. The highest BCUT2D eigenvalue weighted by Gasteiger charge is 2.31. The summed E-state index contributed by atoms with van der Waals surface area (Å²) in [5.41, 5.74) is 2.77. The van der Waals surface area contributed by atoms with Crippen LogP contribution in [-0.2, 0) is 4.79 Å². The van der Waals surface area contributed by atoms with Crippen molar-refractivity contribution in [2.45, 2.75) is 94.2 Å². The number of allylic oxidation sites excluding steroid dienone is 4. The fourth-order valence-electron chi connectivity index (χ4n) is 2.83. The van der Waals surface area contributed by atoms with Gasteiger partial charge in [0.15, 0.2) is 11.6 Å². The number of halogens is 2. The number of nitrogens with zero attached hydrogens (tertiary/aromatic N) is 1. The Hall–Kier alpha value is -3.02. The van der Waals surface area contributed by atoms with E-state index in [-0.39, 0.29) is 5.56 Å². The van der Waals surface area contributed by atoms with Gasteiger partial charge in [-0.05, 0) is 24.1 Å². The van der Waals surface area contributed by atoms with Crippen LogP contribution in [0, 0.1) is 17.0 Å². The number of hydrogen-bond acceptors (Lipinski definition) is 4. The average Bonchev–Trinajstić information content (AvgIpc) is 3.37. The molecule has 2 aliphatic rings. The molecule has 1 unspecified atom stereocenters. The Morgan fingerprint density at radius 3 is 2.08 bits per heavy atom. The van der Waals surface area contributed by atoms with Gasteiger partial charge < -0.3 is 20.4 Å². The molecule has 6 heteroatoms. The molecule has 204 valence electrons. The van der Waals surface area contributed by atoms with E-state index in [1.54, 1.807) is 12.3 Å². The van der Waals surface area contributed by atoms with Gasteiger partial charge >= 0.3 is 0 Å². The fourth-order valence-corrected chi connectivity index (χ4v) is 2.83. The van der Waals surface area contributed by atoms with E-state index < -0.39 is 17.8 Å². The molecule has 0 spiro atoms. The molecule has 4 nitrogen and oxygen atoms in total. The van der Waals surface area contributed by atoms with Crippen LogP contribution in [0.5, 0.6) is 0 Å². The fraction of sp³-hybridized carbons (Fsp3) is 0.467. The average molecular weight is 506 g/mol. The zero-order valence-corrected chi connectivity index (χ0v) is 23.9. The Kier molecular flexibility index (Phi) is 26.1. The van der Waals surface area contributed by atoms with E-state index in [1.807, 2.05) is 70.7 Å². The van der Waals surface area contributed by atoms with Crippen molar-refractivity contribution >= 4 is 13.0 Å². The lowest BCUT2D eigenvalue weighted by Gasteiger charge is -2.29. The Bertz CT molecular complexity index is 827. The van der Waals surface area contributed by atoms with Crippen LogP contribution in [-0.4, -0.2) is 17.9 Å². The summed E-state index contributed by atoms with van der Waals surface area (Å²) in [6.45, 7) is 20.6. The van der Waals surface area contributed by atoms with Crippen LogP contribution >= 0.6 is 0 Å². The first-order chi connectivity index (χ1) is 17.5. The van der Waals surface area contributed by atoms with E-state index in [0.29, 0.717) is 0 Å². The molecule has 1 aromatic rings. The van der Waals surface area contributed by atoms with Crippen LogP contribution in [0.25, 0.3) is 0 Å². The number of carbonyl (C=O) groups is 1. The summed E-state index contributed by atoms with van der Waals surface area (Å²) in [5.74, 6) is -1.71. The van der Waals surface area contributed by atoms with Crippen molar-refractivity contribution in [3.63, 3.8) is 0 Å². The molecule has 0 aromatic heterocycles. The number of benzene rings is 1. The van der Waals surface area contributed by atoms with Gasteiger partial charge in [-0.25, -0.2) is 8.78 Å². The number of rotatable bonds is 5. The molecule has 2 heterocycles. The van der Waals surface area contributed by atoms with E-state index in [9.17, 15) is 8.78 Å². The van der Waals surface area contributed by atoms with Crippen molar-refractivity contribution in [1.82, 2.24) is 10.2 Å². The van der Waals surface area contributed by atoms with E-state index >= 15 is 0 Å². The van der Waals surface area contributed by atoms with Crippen molar-refractivity contribution in [1.29, 1.82) is 5.41 Å². The smallest absolute Gasteiger partial charge is 0.165 e. The molecule has 1 aromatic carbocycles. The van der Waals surface area contributed by atoms with E-state index in [4.69, 9.17) is 10.2 Å². The van der Waals surface area contributed by atoms with Crippen molar-refractivity contribution in [3.05, 3.63) is 82.9 Å². The molecule has 2 aliphatic heterocycles. The van der Waals surface area contributed by atoms with Gasteiger partial charge in [0.05, 0.1) is 5.70 Å². The van der Waals surface area contributed by atoms with Gasteiger partial charge in [-0.1, -0.05) is 106 Å². The largest absolute Gasteiger partial charge is 0.365 e. The Morgan fingerprint density at radius 2 is 1.61 bits per heavy atom. The lowest BCUT2D eigenvalue weighted by molar-refractivity contribution is -0.0980. The standard InChI is InChI=1S/C18H17F2N3.C4H10.C3H8.2C2H6.CH2O/c1-2-5-12(10-21)13-7-4-9-23-16(13)11-22-18(23)14-6-3-8-15(19)17(14)20;1-3-4-2;1-3-2;3*1-2/h3-11,18,21-22H,2H2,1H3;3-4H2,1-2H3;3H2,1-2H3;2*1-2H3;1H2/b12-5+,21-10?;;;;;. The monoisotopic (exact) mass is 505 g/mol. The van der Waals surface area contributed by atoms with Crippen molar-refractivity contribution in [2.75, 3.05) is 0 Å². The summed E-state index contributed by atoms with van der Waals surface area (Å²) in [4.78, 5) is 9.85. The number of nitrogens with one attached hydrogen (secondary N) is 2. The highest BCUT2D eigenvalue weighted by atomic mass is 19.2. The highest BCUT2D eigenvalue weighted by Crippen LogP contribution is 2.37. The molecule has 0 saturated heterocycles. The maximum absolute atomic E-state index is 14.1. The molecular weight excluding hydrogens is 456 g/mol. The molecule has 0 bridgehead atoms. The summed E-state index contributed by atoms with van der Waals surface area (Å²) >= 11 is 0. The van der Waals surface area contributed by atoms with Crippen LogP contribution in [0.4, 0.5) is 8.78 Å². The van der Waals surface area contributed by atoms with Crippen LogP contribution in [0.15, 0.2) is 65.7 Å². The van der Waals surface area contributed by atoms with Gasteiger partial charge in [-0.2, -0.15) is 0 Å². The van der Waals surface area contributed by atoms with Gasteiger partial charge in [0.2, 0.25) is 0 Å². The van der Waals surface area contributed by atoms with Gasteiger partial charge in [-0.3, -0.25) is 0 Å². The minimum absolute atomic E-state index is 0.248. The van der Waals surface area contributed by atoms with E-state index in [2.05, 4.69) is 33.0 Å². The number of hydrogen-bond donors (Lipinski definition) is 2. The van der Waals surface area contributed by atoms with Gasteiger partial charge in [0, 0.05) is 29.8 Å². The Labute approximate surface area is 219 Å². The lowest BCUT2D eigenvalue weighted by atomic mass is 9.99. The van der Waals surface area contributed by atoms with Crippen molar-refractivity contribution in [2.24, 2.45) is 0 Å². The third-order valence-electron chi connectivity index (χ3n) is 4.39. The highest BCUT2D eigenvalue weighted by molar-refractivity contribution is 5.85. The second-order valence-electron chi connectivity index (χ2n) is 6.99. The molecule has 36 heavy (non-hydrogen) atoms. The molecule has 2 N–H and O–H groups in total. The molecule has 0 radical (unpaired) electrons. The van der Waals surface area contributed by atoms with Gasteiger partial charge in [0.25, 0.3) is 0 Å². The van der Waals surface area contributed by atoms with Crippen molar-refractivity contribution in [3.8, 4) is 0 Å². The molecule has 1 atom stereocenters. The number of fused-ring (bicyclic) bond motifs is 1. The zero-order valence-electron chi connectivity index (χ0n) is 23.9. The predicted octanol–water partition coefficient (Wildman–Crippen LogP) is 9.24. The maximum atomic E-state index is 14.1. The number of unbranched alkanes of at least 4 members (excludes halogenated alkanes) is 1. The molecule has 0 aliphatic carbocycles. The van der Waals surface area contributed by atoms with Gasteiger partial charge in [-0.15, -0.1) is 0 Å². The maximum Gasteiger partial charge on any atom is 0.165 e. The topological polar surface area (TPSA) is 56.2 Å². The Balaban J connectivity index is -0.000000715. The first-order valence-electron chi connectivity index (χ1n) is 13.1. The first-order valence-corrected chi connectivity index (χ1v) is 13.1. The summed E-state index contributed by atoms with van der Waals surface area (Å²) in [6, 6.07) is 4.17. The summed E-state index contributed by atoms with van der Waals surface area (Å²) in [6.07, 6.45) is 14.8. The van der Waals surface area contributed by atoms with Crippen LogP contribution in [0.2, 0.25) is 0 Å². The second kappa shape index (κ2) is 25.1. The zero-order chi connectivity index (χ0) is 28.5. The molecule has 0 amide bonds. The lowest BCUT2D eigenvalue weighted by Crippen LogP contribution is -2.27. The summed E-state index contributed by atoms with van der Waals surface area (Å²) in [5, 5.41) is 10.7. The quantitative estimate of drug-likeness (QED) is 0.392. The van der Waals surface area contributed by atoms with Crippen LogP contribution < -0.4 is 5.32 Å². The molecular formula is C30H49F2N3O. The van der Waals surface area contributed by atoms with E-state index in [0.717, 1.165) is 29.3 Å². The van der Waals surface area contributed by atoms with Gasteiger partial charge in [0.1, 0.15) is 13.0 Å². The van der Waals surface area contributed by atoms with E-state index in [1.165, 1.54) is 31.5 Å². The van der Waals surface area contributed by atoms with Crippen LogP contribution in [0.3, 0.4) is 0 Å². The normalized spacial score (nSPS) is 14.5. The van der Waals surface area contributed by atoms with Crippen LogP contribution in [0.1, 0.15) is 99.7 Å². The summed E-state index contributed by atoms with van der Waals surface area (Å²) < 4.78 is 27.6. The first kappa shape index (κ1) is 37.5. The Morgan fingerprint density at radius 1 is 1.06 bits per heavy atom. The minimum Gasteiger partial charge on any atom is -0.365 e. The predicted molar refractivity (Wildman–Crippen MR) is 153 cm³/mol. The third kappa shape index (κ3) is 12.1. The minimum atomic E-state index is -0.861.